The molecule has 0 aliphatic heterocycles. The molecule has 1 amide bonds. The highest BCUT2D eigenvalue weighted by Crippen LogP contribution is 2.06. The first-order chi connectivity index (χ1) is 9.58. The molecule has 0 bridgehead atoms. The van der Waals surface area contributed by atoms with Crippen LogP contribution in [0.15, 0.2) is 24.4 Å². The highest BCUT2D eigenvalue weighted by molar-refractivity contribution is 5.96. The lowest BCUT2D eigenvalue weighted by Crippen LogP contribution is -2.27. The van der Waals surface area contributed by atoms with Crippen molar-refractivity contribution >= 4 is 11.6 Å². The molecular formula is C14H19N5O. The molecule has 2 rings (SSSR count). The fourth-order valence-electron chi connectivity index (χ4n) is 2.02. The Morgan fingerprint density at radius 1 is 1.45 bits per heavy atom. The fraction of sp³-hybridized carbons (Fsp3) is 0.357. The summed E-state index contributed by atoms with van der Waals surface area (Å²) in [5, 5.41) is 7.18. The van der Waals surface area contributed by atoms with Crippen LogP contribution in [0, 0.1) is 13.8 Å². The van der Waals surface area contributed by atoms with Crippen LogP contribution in [-0.2, 0) is 6.54 Å². The summed E-state index contributed by atoms with van der Waals surface area (Å²) in [6.45, 7) is 5.33. The number of nitrogens with zero attached hydrogens (tertiary/aromatic N) is 3. The van der Waals surface area contributed by atoms with Gasteiger partial charge in [-0.1, -0.05) is 0 Å². The molecule has 0 aromatic carbocycles. The van der Waals surface area contributed by atoms with Crippen LogP contribution < -0.4 is 11.1 Å². The zero-order valence-corrected chi connectivity index (χ0v) is 11.8. The van der Waals surface area contributed by atoms with Crippen molar-refractivity contribution in [1.82, 2.24) is 20.1 Å². The number of aromatic nitrogens is 3. The summed E-state index contributed by atoms with van der Waals surface area (Å²) in [6.07, 6.45) is 2.36. The van der Waals surface area contributed by atoms with E-state index in [1.54, 1.807) is 18.3 Å². The van der Waals surface area contributed by atoms with Crippen LogP contribution in [0.2, 0.25) is 0 Å². The zero-order valence-electron chi connectivity index (χ0n) is 11.8. The Bertz CT molecular complexity index is 605. The van der Waals surface area contributed by atoms with Crippen LogP contribution in [-0.4, -0.2) is 27.2 Å². The van der Waals surface area contributed by atoms with Crippen molar-refractivity contribution in [3.63, 3.8) is 0 Å². The van der Waals surface area contributed by atoms with E-state index in [1.165, 1.54) is 0 Å². The van der Waals surface area contributed by atoms with Crippen LogP contribution in [0.1, 0.15) is 28.3 Å². The number of hydrogen-bond donors (Lipinski definition) is 2. The Morgan fingerprint density at radius 3 is 2.90 bits per heavy atom. The lowest BCUT2D eigenvalue weighted by Gasteiger charge is -2.07. The number of anilines is 1. The van der Waals surface area contributed by atoms with E-state index >= 15 is 0 Å². The summed E-state index contributed by atoms with van der Waals surface area (Å²) in [7, 11) is 0. The molecule has 2 heterocycles. The average Bonchev–Trinajstić information content (AvgIpc) is 2.73. The third kappa shape index (κ3) is 3.34. The number of nitrogens with two attached hydrogens (primary N) is 1. The molecule has 6 nitrogen and oxygen atoms in total. The Labute approximate surface area is 118 Å². The number of rotatable bonds is 5. The quantitative estimate of drug-likeness (QED) is 0.804. The molecule has 0 radical (unpaired) electrons. The van der Waals surface area contributed by atoms with E-state index in [2.05, 4.69) is 15.4 Å². The molecule has 0 atom stereocenters. The predicted molar refractivity (Wildman–Crippen MR) is 77.3 cm³/mol. The van der Waals surface area contributed by atoms with Gasteiger partial charge in [-0.05, 0) is 38.5 Å². The van der Waals surface area contributed by atoms with Gasteiger partial charge in [-0.25, -0.2) is 4.98 Å². The molecule has 0 unspecified atom stereocenters. The van der Waals surface area contributed by atoms with Gasteiger partial charge in [0, 0.05) is 25.0 Å². The number of aryl methyl sites for hydroxylation is 3. The molecule has 20 heavy (non-hydrogen) atoms. The first-order valence-electron chi connectivity index (χ1n) is 6.57. The second-order valence-electron chi connectivity index (χ2n) is 4.70. The molecule has 0 saturated carbocycles. The second kappa shape index (κ2) is 6.18. The lowest BCUT2D eigenvalue weighted by molar-refractivity contribution is 0.0948. The largest absolute Gasteiger partial charge is 0.397 e. The van der Waals surface area contributed by atoms with Crippen LogP contribution in [0.4, 0.5) is 5.69 Å². The van der Waals surface area contributed by atoms with Gasteiger partial charge in [0.1, 0.15) is 0 Å². The average molecular weight is 273 g/mol. The molecule has 0 aliphatic rings. The van der Waals surface area contributed by atoms with Gasteiger partial charge in [-0.15, -0.1) is 0 Å². The van der Waals surface area contributed by atoms with Gasteiger partial charge in [-0.2, -0.15) is 5.10 Å². The van der Waals surface area contributed by atoms with Crippen molar-refractivity contribution in [2.45, 2.75) is 26.8 Å². The highest BCUT2D eigenvalue weighted by atomic mass is 16.1. The number of pyridine rings is 1. The van der Waals surface area contributed by atoms with Gasteiger partial charge < -0.3 is 11.1 Å². The summed E-state index contributed by atoms with van der Waals surface area (Å²) < 4.78 is 1.94. The van der Waals surface area contributed by atoms with E-state index in [0.717, 1.165) is 24.4 Å². The van der Waals surface area contributed by atoms with Gasteiger partial charge >= 0.3 is 0 Å². The lowest BCUT2D eigenvalue weighted by atomic mass is 10.3. The number of nitrogens with one attached hydrogen (secondary N) is 1. The summed E-state index contributed by atoms with van der Waals surface area (Å²) >= 11 is 0. The van der Waals surface area contributed by atoms with Crippen molar-refractivity contribution < 1.29 is 4.79 Å². The molecule has 0 spiro atoms. The monoisotopic (exact) mass is 273 g/mol. The normalized spacial score (nSPS) is 10.5. The topological polar surface area (TPSA) is 85.8 Å². The molecule has 2 aromatic heterocycles. The minimum Gasteiger partial charge on any atom is -0.397 e. The Hall–Kier alpha value is -2.37. The van der Waals surface area contributed by atoms with E-state index < -0.39 is 0 Å². The number of hydrogen-bond acceptors (Lipinski definition) is 4. The summed E-state index contributed by atoms with van der Waals surface area (Å²) in [4.78, 5) is 15.8. The van der Waals surface area contributed by atoms with Gasteiger partial charge in [0.05, 0.1) is 11.4 Å². The molecule has 3 N–H and O–H groups in total. The van der Waals surface area contributed by atoms with Crippen molar-refractivity contribution in [3.05, 3.63) is 41.5 Å². The summed E-state index contributed by atoms with van der Waals surface area (Å²) in [5.74, 6) is -0.239. The molecular weight excluding hydrogens is 254 g/mol. The summed E-state index contributed by atoms with van der Waals surface area (Å²) in [6, 6.07) is 5.40. The smallest absolute Gasteiger partial charge is 0.272 e. The fourth-order valence-corrected chi connectivity index (χ4v) is 2.02. The minimum absolute atomic E-state index is 0.239. The number of amides is 1. The van der Waals surface area contributed by atoms with Crippen molar-refractivity contribution in [2.24, 2.45) is 0 Å². The Kier molecular flexibility index (Phi) is 4.34. The standard InChI is InChI=1S/C14H19N5O/c1-10-9-11(2)19(18-10)8-4-7-17-14(20)13-12(15)5-3-6-16-13/h3,5-6,9H,4,7-8,15H2,1-2H3,(H,17,20). The first kappa shape index (κ1) is 14.0. The maximum Gasteiger partial charge on any atom is 0.272 e. The van der Waals surface area contributed by atoms with Crippen LogP contribution in [0.3, 0.4) is 0 Å². The van der Waals surface area contributed by atoms with Gasteiger partial charge in [0.2, 0.25) is 0 Å². The van der Waals surface area contributed by atoms with E-state index in [0.29, 0.717) is 12.2 Å². The van der Waals surface area contributed by atoms with Crippen LogP contribution in [0.5, 0.6) is 0 Å². The number of carbonyl (C=O) groups is 1. The van der Waals surface area contributed by atoms with Crippen molar-refractivity contribution in [1.29, 1.82) is 0 Å². The highest BCUT2D eigenvalue weighted by Gasteiger charge is 2.09. The summed E-state index contributed by atoms with van der Waals surface area (Å²) in [5.41, 5.74) is 8.51. The minimum atomic E-state index is -0.239. The third-order valence-electron chi connectivity index (χ3n) is 2.99. The molecule has 2 aromatic rings. The van der Waals surface area contributed by atoms with E-state index in [4.69, 9.17) is 5.73 Å². The molecule has 106 valence electrons. The second-order valence-corrected chi connectivity index (χ2v) is 4.70. The third-order valence-corrected chi connectivity index (χ3v) is 2.99. The molecule has 0 saturated heterocycles. The van der Waals surface area contributed by atoms with Crippen molar-refractivity contribution in [2.75, 3.05) is 12.3 Å². The maximum atomic E-state index is 11.9. The van der Waals surface area contributed by atoms with Gasteiger partial charge in [0.25, 0.3) is 5.91 Å². The number of nitrogen functional groups attached to an aromatic ring is 1. The maximum absolute atomic E-state index is 11.9. The predicted octanol–water partition coefficient (Wildman–Crippen LogP) is 1.30. The molecule has 0 aliphatic carbocycles. The Balaban J connectivity index is 1.80. The SMILES string of the molecule is Cc1cc(C)n(CCCNC(=O)c2ncccc2N)n1. The first-order valence-corrected chi connectivity index (χ1v) is 6.57. The van der Waals surface area contributed by atoms with Gasteiger partial charge in [0.15, 0.2) is 5.69 Å². The molecule has 0 fully saturated rings. The van der Waals surface area contributed by atoms with Crippen LogP contribution in [0.25, 0.3) is 0 Å². The van der Waals surface area contributed by atoms with E-state index in [9.17, 15) is 4.79 Å². The van der Waals surface area contributed by atoms with E-state index in [1.807, 2.05) is 24.6 Å². The van der Waals surface area contributed by atoms with Gasteiger partial charge in [-0.3, -0.25) is 9.48 Å². The number of carbonyl (C=O) groups excluding carboxylic acids is 1. The van der Waals surface area contributed by atoms with Crippen LogP contribution >= 0.6 is 0 Å². The Morgan fingerprint density at radius 2 is 2.25 bits per heavy atom. The zero-order chi connectivity index (χ0) is 14.5. The van der Waals surface area contributed by atoms with E-state index in [-0.39, 0.29) is 11.6 Å². The van der Waals surface area contributed by atoms with Crippen molar-refractivity contribution in [3.8, 4) is 0 Å². The molecule has 6 heteroatoms.